The topological polar surface area (TPSA) is 97.6 Å². The van der Waals surface area contributed by atoms with E-state index >= 15 is 0 Å². The summed E-state index contributed by atoms with van der Waals surface area (Å²) in [6.07, 6.45) is 0. The largest absolute Gasteiger partial charge is 0.367 e. The van der Waals surface area contributed by atoms with Crippen molar-refractivity contribution >= 4 is 119 Å². The van der Waals surface area contributed by atoms with Crippen molar-refractivity contribution < 1.29 is 0 Å². The Morgan fingerprint density at radius 3 is 0.511 bits per heavy atom. The lowest BCUT2D eigenvalue weighted by Gasteiger charge is -2.25. The summed E-state index contributed by atoms with van der Waals surface area (Å²) >= 11 is 0. The van der Waals surface area contributed by atoms with Crippen LogP contribution >= 0.6 is 31.7 Å². The Kier molecular flexibility index (Phi) is 22.2. The maximum atomic E-state index is 5.80. The summed E-state index contributed by atoms with van der Waals surface area (Å²) in [5.74, 6) is 0. The first-order valence-corrected chi connectivity index (χ1v) is 35.6. The fraction of sp³-hybridized carbons (Fsp3) is 0.158. The van der Waals surface area contributed by atoms with Gasteiger partial charge in [0.05, 0.1) is 22.7 Å². The molecular weight excluding hydrogens is 1150 g/mol. The lowest BCUT2D eigenvalue weighted by Crippen LogP contribution is -2.34. The van der Waals surface area contributed by atoms with Crippen LogP contribution in [0.15, 0.2) is 299 Å². The quantitative estimate of drug-likeness (QED) is 0.0327. The molecule has 0 radical (unpaired) electrons. The average molecular weight is 1230 g/mol. The molecule has 0 aliphatic carbocycles. The molecule has 0 unspecified atom stereocenters. The van der Waals surface area contributed by atoms with E-state index in [9.17, 15) is 0 Å². The van der Waals surface area contributed by atoms with Crippen LogP contribution < -0.4 is 63.7 Å². The van der Waals surface area contributed by atoms with Crippen LogP contribution in [0.25, 0.3) is 11.1 Å². The predicted octanol–water partition coefficient (Wildman–Crippen LogP) is 15.8. The molecule has 0 aliphatic rings. The van der Waals surface area contributed by atoms with E-state index in [0.29, 0.717) is 0 Å². The van der Waals surface area contributed by atoms with Crippen LogP contribution in [0.5, 0.6) is 0 Å². The molecule has 442 valence electrons. The fourth-order valence-electron chi connectivity index (χ4n) is 10.1. The number of amidine groups is 4. The van der Waals surface area contributed by atoms with Crippen LogP contribution in [0.3, 0.4) is 0 Å². The zero-order chi connectivity index (χ0) is 61.2. The van der Waals surface area contributed by atoms with Crippen LogP contribution in [0.4, 0.5) is 22.7 Å². The molecule has 88 heavy (non-hydrogen) atoms. The molecule has 8 nitrogen and oxygen atoms in total. The molecule has 0 saturated heterocycles. The standard InChI is InChI=1S/C76H78N8P4/c1-55(2)77-73(85(65-33-17-9-18-34-65)66-35-19-10-20-36-66)81-61-49-59(50-62(53-61)82-74(78-56(3)4)86(67-37-21-11-22-38-67)68-39-23-12-24-40-68)60-51-63(83-75(79-57(5)6)87(69-41-25-13-26-42-69)70-43-27-14-28-44-70)54-64(52-60)84-76(80-58(7)8)88(71-45-29-15-30-46-71)72-47-31-16-32-48-72/h9-58H,1-8H3,(H,77,81)(H,78,82)(H,79,83)(H,80,84). The zero-order valence-corrected chi connectivity index (χ0v) is 55.0. The molecule has 10 aromatic rings. The van der Waals surface area contributed by atoms with Crippen molar-refractivity contribution in [2.24, 2.45) is 20.0 Å². The summed E-state index contributed by atoms with van der Waals surface area (Å²) in [6, 6.07) is 99.8. The lowest BCUT2D eigenvalue weighted by molar-refractivity contribution is 0.739. The second kappa shape index (κ2) is 31.1. The van der Waals surface area contributed by atoms with Gasteiger partial charge in [-0.2, -0.15) is 0 Å². The number of nitrogens with one attached hydrogen (secondary N) is 4. The van der Waals surface area contributed by atoms with Crippen LogP contribution in [-0.4, -0.2) is 46.5 Å². The Morgan fingerprint density at radius 1 is 0.227 bits per heavy atom. The zero-order valence-electron chi connectivity index (χ0n) is 51.4. The van der Waals surface area contributed by atoms with Crippen molar-refractivity contribution in [1.29, 1.82) is 0 Å². The van der Waals surface area contributed by atoms with Gasteiger partial charge in [0, 0.05) is 55.9 Å². The number of hydrogen-bond acceptors (Lipinski definition) is 4. The second-order valence-electron chi connectivity index (χ2n) is 22.4. The molecule has 12 heteroatoms. The molecule has 0 heterocycles. The van der Waals surface area contributed by atoms with Crippen molar-refractivity contribution in [3.05, 3.63) is 279 Å². The number of benzene rings is 10. The van der Waals surface area contributed by atoms with Gasteiger partial charge < -0.3 is 21.3 Å². The molecule has 0 fully saturated rings. The third-order valence-electron chi connectivity index (χ3n) is 13.7. The Bertz CT molecular complexity index is 3260. The summed E-state index contributed by atoms with van der Waals surface area (Å²) in [5.41, 5.74) is 8.50. The molecule has 0 spiro atoms. The number of hydrogen-bond donors (Lipinski definition) is 4. The fourth-order valence-corrected chi connectivity index (χ4v) is 19.4. The smallest absolute Gasteiger partial charge is 0.134 e. The van der Waals surface area contributed by atoms with Gasteiger partial charge in [-0.05, 0) is 145 Å². The van der Waals surface area contributed by atoms with Crippen molar-refractivity contribution in [2.75, 3.05) is 0 Å². The normalized spacial score (nSPS) is 12.5. The highest BCUT2D eigenvalue weighted by atomic mass is 31.1. The van der Waals surface area contributed by atoms with E-state index in [0.717, 1.165) is 56.2 Å². The third-order valence-corrected chi connectivity index (χ3v) is 22.8. The molecule has 0 bridgehead atoms. The highest BCUT2D eigenvalue weighted by Gasteiger charge is 2.27. The predicted molar refractivity (Wildman–Crippen MR) is 390 cm³/mol. The van der Waals surface area contributed by atoms with Crippen LogP contribution in [0.2, 0.25) is 0 Å². The minimum atomic E-state index is -1.13. The van der Waals surface area contributed by atoms with Crippen LogP contribution in [-0.2, 0) is 0 Å². The van der Waals surface area contributed by atoms with Gasteiger partial charge in [-0.25, -0.2) is 20.0 Å². The number of nitrogens with zero attached hydrogens (tertiary/aromatic N) is 4. The van der Waals surface area contributed by atoms with E-state index in [-0.39, 0.29) is 24.2 Å². The number of aliphatic imine (C=N–C) groups is 4. The summed E-state index contributed by atoms with van der Waals surface area (Å²) < 4.78 is 0. The van der Waals surface area contributed by atoms with Gasteiger partial charge in [-0.15, -0.1) is 0 Å². The monoisotopic (exact) mass is 1230 g/mol. The van der Waals surface area contributed by atoms with Crippen LogP contribution in [0, 0.1) is 0 Å². The van der Waals surface area contributed by atoms with Crippen molar-refractivity contribution in [1.82, 2.24) is 21.3 Å². The van der Waals surface area contributed by atoms with E-state index in [1.165, 1.54) is 42.4 Å². The van der Waals surface area contributed by atoms with Gasteiger partial charge in [0.1, 0.15) is 22.3 Å². The highest BCUT2D eigenvalue weighted by Crippen LogP contribution is 2.44. The summed E-state index contributed by atoms with van der Waals surface area (Å²) in [6.45, 7) is 17.5. The lowest BCUT2D eigenvalue weighted by atomic mass is 10.0. The van der Waals surface area contributed by atoms with Crippen molar-refractivity contribution in [3.8, 4) is 11.1 Å². The van der Waals surface area contributed by atoms with Crippen molar-refractivity contribution in [2.45, 2.75) is 79.6 Å². The van der Waals surface area contributed by atoms with Gasteiger partial charge in [0.2, 0.25) is 0 Å². The second-order valence-corrected chi connectivity index (χ2v) is 30.9. The van der Waals surface area contributed by atoms with E-state index < -0.39 is 31.7 Å². The molecule has 0 atom stereocenters. The Balaban J connectivity index is 1.28. The molecule has 0 aliphatic heterocycles. The molecule has 4 N–H and O–H groups in total. The molecular formula is C76H78N8P4. The molecule has 10 aromatic carbocycles. The summed E-state index contributed by atoms with van der Waals surface area (Å²) in [7, 11) is -4.52. The molecule has 10 rings (SSSR count). The van der Waals surface area contributed by atoms with Gasteiger partial charge >= 0.3 is 0 Å². The first-order valence-electron chi connectivity index (χ1n) is 30.2. The minimum absolute atomic E-state index is 0.0887. The Hall–Kier alpha value is -8.20. The van der Waals surface area contributed by atoms with Crippen LogP contribution in [0.1, 0.15) is 55.4 Å². The van der Waals surface area contributed by atoms with Crippen molar-refractivity contribution in [3.63, 3.8) is 0 Å². The van der Waals surface area contributed by atoms with E-state index in [2.05, 4.69) is 356 Å². The summed E-state index contributed by atoms with van der Waals surface area (Å²) in [5, 5.41) is 25.2. The SMILES string of the molecule is CC(C)N/C(=N/c1cc(/N=C(/NC(C)C)P(c2ccccc2)c2ccccc2)cc(-c2cc(/N=C(/NC(C)C)P(c3ccccc3)c3ccccc3)cc(/N=C(/NC(C)C)P(c3ccccc3)c3ccccc3)c2)c1)P(c1ccccc1)c1ccccc1. The minimum Gasteiger partial charge on any atom is -0.367 e. The Morgan fingerprint density at radius 2 is 0.375 bits per heavy atom. The van der Waals surface area contributed by atoms with E-state index in [1.54, 1.807) is 0 Å². The molecule has 0 saturated carbocycles. The first kappa shape index (κ1) is 62.8. The maximum Gasteiger partial charge on any atom is 0.134 e. The molecule has 0 aromatic heterocycles. The summed E-state index contributed by atoms with van der Waals surface area (Å²) in [4.78, 5) is 23.2. The highest BCUT2D eigenvalue weighted by molar-refractivity contribution is 7.89. The maximum absolute atomic E-state index is 5.80. The average Bonchev–Trinajstić information content (AvgIpc) is 2.95. The van der Waals surface area contributed by atoms with Gasteiger partial charge in [0.15, 0.2) is 0 Å². The number of rotatable bonds is 21. The molecule has 0 amide bonds. The first-order chi connectivity index (χ1) is 42.9. The van der Waals surface area contributed by atoms with E-state index in [4.69, 9.17) is 20.0 Å². The third kappa shape index (κ3) is 17.1. The van der Waals surface area contributed by atoms with Gasteiger partial charge in [-0.3, -0.25) is 0 Å². The Labute approximate surface area is 527 Å². The van der Waals surface area contributed by atoms with Gasteiger partial charge in [-0.1, -0.05) is 243 Å². The van der Waals surface area contributed by atoms with Gasteiger partial charge in [0.25, 0.3) is 0 Å². The van der Waals surface area contributed by atoms with E-state index in [1.807, 2.05) is 0 Å².